The number of thiazole rings is 1. The first-order chi connectivity index (χ1) is 10.2. The summed E-state index contributed by atoms with van der Waals surface area (Å²) in [6.07, 6.45) is 3.38. The molecule has 2 heterocycles. The van der Waals surface area contributed by atoms with Crippen molar-refractivity contribution >= 4 is 39.7 Å². The number of aromatic nitrogens is 1. The third-order valence-electron chi connectivity index (χ3n) is 3.44. The Morgan fingerprint density at radius 2 is 2.10 bits per heavy atom. The van der Waals surface area contributed by atoms with Crippen molar-refractivity contribution in [1.29, 1.82) is 0 Å². The Hall–Kier alpha value is -1.59. The minimum absolute atomic E-state index is 0.0325. The fraction of sp³-hybridized carbons (Fsp3) is 0.333. The molecule has 0 aliphatic carbocycles. The molecule has 0 radical (unpaired) electrons. The van der Waals surface area contributed by atoms with Gasteiger partial charge in [-0.1, -0.05) is 17.7 Å². The molecule has 0 unspecified atom stereocenters. The zero-order chi connectivity index (χ0) is 14.7. The summed E-state index contributed by atoms with van der Waals surface area (Å²) in [4.78, 5) is 18.6. The maximum atomic E-state index is 12.3. The van der Waals surface area contributed by atoms with Gasteiger partial charge in [0.15, 0.2) is 5.13 Å². The molecule has 0 spiro atoms. The molecule has 1 aliphatic heterocycles. The van der Waals surface area contributed by atoms with Gasteiger partial charge in [0.1, 0.15) is 5.69 Å². The molecule has 21 heavy (non-hydrogen) atoms. The largest absolute Gasteiger partial charge is 0.337 e. The van der Waals surface area contributed by atoms with Gasteiger partial charge in [0.2, 0.25) is 0 Å². The van der Waals surface area contributed by atoms with E-state index in [9.17, 15) is 4.79 Å². The lowest BCUT2D eigenvalue weighted by Gasteiger charge is -2.25. The van der Waals surface area contributed by atoms with Crippen molar-refractivity contribution in [3.05, 3.63) is 40.4 Å². The SMILES string of the molecule is O=C(c1csc(Nc2cccc(Cl)c2)n1)N1CCCCC1. The molecule has 2 aromatic rings. The number of anilines is 2. The van der Waals surface area contributed by atoms with Crippen LogP contribution in [0.1, 0.15) is 29.8 Å². The second-order valence-electron chi connectivity index (χ2n) is 5.03. The fourth-order valence-electron chi connectivity index (χ4n) is 2.38. The Kier molecular flexibility index (Phi) is 4.41. The average molecular weight is 322 g/mol. The van der Waals surface area contributed by atoms with Crippen LogP contribution in [-0.2, 0) is 0 Å². The maximum Gasteiger partial charge on any atom is 0.273 e. The van der Waals surface area contributed by atoms with Crippen LogP contribution in [0.5, 0.6) is 0 Å². The third kappa shape index (κ3) is 3.54. The molecular weight excluding hydrogens is 306 g/mol. The van der Waals surface area contributed by atoms with E-state index in [1.807, 2.05) is 34.5 Å². The van der Waals surface area contributed by atoms with Gasteiger partial charge in [0.25, 0.3) is 5.91 Å². The van der Waals surface area contributed by atoms with E-state index >= 15 is 0 Å². The lowest BCUT2D eigenvalue weighted by molar-refractivity contribution is 0.0719. The lowest BCUT2D eigenvalue weighted by atomic mass is 10.1. The molecule has 4 nitrogen and oxygen atoms in total. The number of hydrogen-bond acceptors (Lipinski definition) is 4. The summed E-state index contributed by atoms with van der Waals surface area (Å²) in [6, 6.07) is 7.44. The Balaban J connectivity index is 1.69. The van der Waals surface area contributed by atoms with Gasteiger partial charge in [-0.3, -0.25) is 4.79 Å². The zero-order valence-electron chi connectivity index (χ0n) is 11.5. The summed E-state index contributed by atoms with van der Waals surface area (Å²) in [5.74, 6) is 0.0325. The Morgan fingerprint density at radius 1 is 1.29 bits per heavy atom. The minimum atomic E-state index is 0.0325. The molecule has 3 rings (SSSR count). The molecule has 1 fully saturated rings. The van der Waals surface area contributed by atoms with E-state index < -0.39 is 0 Å². The Morgan fingerprint density at radius 3 is 2.86 bits per heavy atom. The normalized spacial score (nSPS) is 15.0. The van der Waals surface area contributed by atoms with Crippen molar-refractivity contribution in [2.24, 2.45) is 0 Å². The zero-order valence-corrected chi connectivity index (χ0v) is 13.1. The summed E-state index contributed by atoms with van der Waals surface area (Å²) >= 11 is 7.38. The molecule has 0 atom stereocenters. The number of likely N-dealkylation sites (tertiary alicyclic amines) is 1. The number of nitrogens with zero attached hydrogens (tertiary/aromatic N) is 2. The first-order valence-electron chi connectivity index (χ1n) is 7.00. The van der Waals surface area contributed by atoms with Gasteiger partial charge in [-0.05, 0) is 37.5 Å². The second-order valence-corrected chi connectivity index (χ2v) is 6.32. The highest BCUT2D eigenvalue weighted by Gasteiger charge is 2.20. The van der Waals surface area contributed by atoms with Gasteiger partial charge in [-0.2, -0.15) is 0 Å². The van der Waals surface area contributed by atoms with E-state index in [2.05, 4.69) is 10.3 Å². The van der Waals surface area contributed by atoms with Gasteiger partial charge < -0.3 is 10.2 Å². The highest BCUT2D eigenvalue weighted by Crippen LogP contribution is 2.24. The Bertz CT molecular complexity index is 637. The number of nitrogens with one attached hydrogen (secondary N) is 1. The van der Waals surface area contributed by atoms with E-state index in [1.165, 1.54) is 17.8 Å². The van der Waals surface area contributed by atoms with Crippen LogP contribution in [-0.4, -0.2) is 28.9 Å². The second kappa shape index (κ2) is 6.45. The van der Waals surface area contributed by atoms with Crippen molar-refractivity contribution in [2.75, 3.05) is 18.4 Å². The lowest BCUT2D eigenvalue weighted by Crippen LogP contribution is -2.35. The average Bonchev–Trinajstić information content (AvgIpc) is 2.96. The van der Waals surface area contributed by atoms with Crippen LogP contribution in [0.25, 0.3) is 0 Å². The minimum Gasteiger partial charge on any atom is -0.337 e. The van der Waals surface area contributed by atoms with Crippen molar-refractivity contribution < 1.29 is 4.79 Å². The van der Waals surface area contributed by atoms with Gasteiger partial charge in [0.05, 0.1) is 0 Å². The molecule has 1 saturated heterocycles. The summed E-state index contributed by atoms with van der Waals surface area (Å²) < 4.78 is 0. The van der Waals surface area contributed by atoms with Crippen molar-refractivity contribution in [3.8, 4) is 0 Å². The fourth-order valence-corrected chi connectivity index (χ4v) is 3.27. The molecule has 1 aromatic heterocycles. The maximum absolute atomic E-state index is 12.3. The first-order valence-corrected chi connectivity index (χ1v) is 8.25. The molecule has 0 saturated carbocycles. The predicted molar refractivity (Wildman–Crippen MR) is 86.6 cm³/mol. The topological polar surface area (TPSA) is 45.2 Å². The molecule has 110 valence electrons. The number of rotatable bonds is 3. The number of amides is 1. The number of hydrogen-bond donors (Lipinski definition) is 1. The van der Waals surface area contributed by atoms with Crippen LogP contribution in [0.3, 0.4) is 0 Å². The quantitative estimate of drug-likeness (QED) is 0.923. The monoisotopic (exact) mass is 321 g/mol. The number of piperidine rings is 1. The van der Waals surface area contributed by atoms with Crippen LogP contribution >= 0.6 is 22.9 Å². The van der Waals surface area contributed by atoms with Gasteiger partial charge in [0, 0.05) is 29.2 Å². The summed E-state index contributed by atoms with van der Waals surface area (Å²) in [6.45, 7) is 1.68. The van der Waals surface area contributed by atoms with E-state index in [0.717, 1.165) is 31.6 Å². The van der Waals surface area contributed by atoms with Gasteiger partial charge >= 0.3 is 0 Å². The van der Waals surface area contributed by atoms with E-state index in [1.54, 1.807) is 0 Å². The first kappa shape index (κ1) is 14.4. The summed E-state index contributed by atoms with van der Waals surface area (Å²) in [5, 5.41) is 6.36. The van der Waals surface area contributed by atoms with Crippen LogP contribution in [0.4, 0.5) is 10.8 Å². The van der Waals surface area contributed by atoms with Gasteiger partial charge in [-0.25, -0.2) is 4.98 Å². The van der Waals surface area contributed by atoms with Gasteiger partial charge in [-0.15, -0.1) is 11.3 Å². The molecule has 1 N–H and O–H groups in total. The van der Waals surface area contributed by atoms with E-state index in [-0.39, 0.29) is 5.91 Å². The van der Waals surface area contributed by atoms with E-state index in [0.29, 0.717) is 15.8 Å². The molecule has 1 amide bonds. The van der Waals surface area contributed by atoms with Crippen molar-refractivity contribution in [2.45, 2.75) is 19.3 Å². The molecule has 1 aliphatic rings. The molecule has 6 heteroatoms. The van der Waals surface area contributed by atoms with Crippen LogP contribution in [0, 0.1) is 0 Å². The van der Waals surface area contributed by atoms with Crippen LogP contribution < -0.4 is 5.32 Å². The number of carbonyl (C=O) groups excluding carboxylic acids is 1. The number of halogens is 1. The smallest absolute Gasteiger partial charge is 0.273 e. The molecule has 0 bridgehead atoms. The third-order valence-corrected chi connectivity index (χ3v) is 4.44. The summed E-state index contributed by atoms with van der Waals surface area (Å²) in [5.41, 5.74) is 1.39. The predicted octanol–water partition coefficient (Wildman–Crippen LogP) is 4.17. The van der Waals surface area contributed by atoms with Crippen LogP contribution in [0.2, 0.25) is 5.02 Å². The molecule has 1 aromatic carbocycles. The van der Waals surface area contributed by atoms with E-state index in [4.69, 9.17) is 11.6 Å². The Labute approximate surface area is 132 Å². The molecular formula is C15H16ClN3OS. The standard InChI is InChI=1S/C15H16ClN3OS/c16-11-5-4-6-12(9-11)17-15-18-13(10-21-15)14(20)19-7-2-1-3-8-19/h4-6,9-10H,1-3,7-8H2,(H,17,18). The van der Waals surface area contributed by atoms with Crippen molar-refractivity contribution in [3.63, 3.8) is 0 Å². The highest BCUT2D eigenvalue weighted by atomic mass is 35.5. The summed E-state index contributed by atoms with van der Waals surface area (Å²) in [7, 11) is 0. The van der Waals surface area contributed by atoms with Crippen LogP contribution in [0.15, 0.2) is 29.6 Å². The highest BCUT2D eigenvalue weighted by molar-refractivity contribution is 7.14. The van der Waals surface area contributed by atoms with Crippen molar-refractivity contribution in [1.82, 2.24) is 9.88 Å². The number of carbonyl (C=O) groups is 1. The number of benzene rings is 1.